The van der Waals surface area contributed by atoms with Gasteiger partial charge in [-0.2, -0.15) is 14.0 Å². The summed E-state index contributed by atoms with van der Waals surface area (Å²) in [6.45, 7) is 7.43. The third-order valence-corrected chi connectivity index (χ3v) is 3.50. The highest BCUT2D eigenvalue weighted by Gasteiger charge is 2.21. The molecule has 2 aromatic heterocycles. The summed E-state index contributed by atoms with van der Waals surface area (Å²) >= 11 is 1.32. The Hall–Kier alpha value is -1.30. The minimum atomic E-state index is -0.830. The molecule has 0 saturated carbocycles. The lowest BCUT2D eigenvalue weighted by Crippen LogP contribution is -2.21. The van der Waals surface area contributed by atoms with Crippen molar-refractivity contribution in [2.45, 2.75) is 33.1 Å². The SMILES string of the molecule is Cc1nc2sc(C(C)(C)C)nn2c(=O)c1F. The van der Waals surface area contributed by atoms with Gasteiger partial charge in [0.15, 0.2) is 0 Å². The molecule has 16 heavy (non-hydrogen) atoms. The molecule has 0 unspecified atom stereocenters. The molecule has 0 fully saturated rings. The summed E-state index contributed by atoms with van der Waals surface area (Å²) in [7, 11) is 0. The molecule has 0 aliphatic carbocycles. The van der Waals surface area contributed by atoms with Gasteiger partial charge in [0.25, 0.3) is 0 Å². The van der Waals surface area contributed by atoms with Crippen molar-refractivity contribution in [3.8, 4) is 0 Å². The van der Waals surface area contributed by atoms with Crippen LogP contribution >= 0.6 is 11.3 Å². The van der Waals surface area contributed by atoms with Crippen LogP contribution in [0.3, 0.4) is 0 Å². The molecule has 4 nitrogen and oxygen atoms in total. The highest BCUT2D eigenvalue weighted by Crippen LogP contribution is 2.25. The van der Waals surface area contributed by atoms with E-state index < -0.39 is 11.4 Å². The summed E-state index contributed by atoms with van der Waals surface area (Å²) < 4.78 is 14.4. The van der Waals surface area contributed by atoms with Gasteiger partial charge in [-0.25, -0.2) is 4.98 Å². The number of aromatic nitrogens is 3. The van der Waals surface area contributed by atoms with Crippen molar-refractivity contribution < 1.29 is 4.39 Å². The van der Waals surface area contributed by atoms with Gasteiger partial charge in [-0.1, -0.05) is 32.1 Å². The molecule has 86 valence electrons. The highest BCUT2D eigenvalue weighted by molar-refractivity contribution is 7.16. The molecule has 0 atom stereocenters. The molecular weight excluding hydrogens is 229 g/mol. The fraction of sp³-hybridized carbons (Fsp3) is 0.500. The van der Waals surface area contributed by atoms with Crippen molar-refractivity contribution >= 4 is 16.3 Å². The average molecular weight is 241 g/mol. The molecule has 2 heterocycles. The normalized spacial score (nSPS) is 12.3. The van der Waals surface area contributed by atoms with E-state index in [9.17, 15) is 9.18 Å². The van der Waals surface area contributed by atoms with Crippen molar-refractivity contribution in [3.05, 3.63) is 26.9 Å². The van der Waals surface area contributed by atoms with E-state index in [2.05, 4.69) is 10.1 Å². The number of hydrogen-bond donors (Lipinski definition) is 0. The van der Waals surface area contributed by atoms with Crippen LogP contribution in [0.5, 0.6) is 0 Å². The van der Waals surface area contributed by atoms with Gasteiger partial charge in [0.1, 0.15) is 5.01 Å². The molecule has 0 bridgehead atoms. The Bertz CT molecular complexity index is 609. The molecule has 2 rings (SSSR count). The first-order valence-electron chi connectivity index (χ1n) is 4.87. The van der Waals surface area contributed by atoms with Crippen LogP contribution in [0.15, 0.2) is 4.79 Å². The lowest BCUT2D eigenvalue weighted by molar-refractivity contribution is 0.556. The fourth-order valence-corrected chi connectivity index (χ4v) is 2.22. The monoisotopic (exact) mass is 241 g/mol. The van der Waals surface area contributed by atoms with Gasteiger partial charge in [-0.3, -0.25) is 4.79 Å². The predicted molar refractivity (Wildman–Crippen MR) is 60.5 cm³/mol. The molecule has 0 aliphatic rings. The quantitative estimate of drug-likeness (QED) is 0.707. The maximum absolute atomic E-state index is 13.3. The zero-order valence-electron chi connectivity index (χ0n) is 9.54. The number of rotatable bonds is 0. The van der Waals surface area contributed by atoms with Gasteiger partial charge < -0.3 is 0 Å². The largest absolute Gasteiger partial charge is 0.311 e. The van der Waals surface area contributed by atoms with Crippen molar-refractivity contribution in [3.63, 3.8) is 0 Å². The minimum absolute atomic E-state index is 0.120. The highest BCUT2D eigenvalue weighted by atomic mass is 32.1. The Morgan fingerprint density at radius 2 is 2.00 bits per heavy atom. The van der Waals surface area contributed by atoms with Gasteiger partial charge >= 0.3 is 5.56 Å². The fourth-order valence-electron chi connectivity index (χ4n) is 1.23. The van der Waals surface area contributed by atoms with Crippen molar-refractivity contribution in [2.75, 3.05) is 0 Å². The molecule has 0 amide bonds. The summed E-state index contributed by atoms with van der Waals surface area (Å²) in [4.78, 5) is 16.0. The second-order valence-corrected chi connectivity index (χ2v) is 5.62. The van der Waals surface area contributed by atoms with Crippen LogP contribution in [-0.2, 0) is 5.41 Å². The first kappa shape index (κ1) is 11.2. The Balaban J connectivity index is 2.82. The van der Waals surface area contributed by atoms with E-state index >= 15 is 0 Å². The van der Waals surface area contributed by atoms with Gasteiger partial charge in [0.05, 0.1) is 5.69 Å². The van der Waals surface area contributed by atoms with Crippen LogP contribution in [0.2, 0.25) is 0 Å². The van der Waals surface area contributed by atoms with E-state index in [1.165, 1.54) is 18.3 Å². The van der Waals surface area contributed by atoms with E-state index in [0.717, 1.165) is 9.52 Å². The van der Waals surface area contributed by atoms with Crippen LogP contribution in [0, 0.1) is 12.7 Å². The number of halogens is 1. The number of hydrogen-bond acceptors (Lipinski definition) is 4. The molecular formula is C10H12FN3OS. The molecule has 2 aromatic rings. The van der Waals surface area contributed by atoms with E-state index in [1.54, 1.807) is 0 Å². The molecule has 0 aromatic carbocycles. The molecule has 0 spiro atoms. The summed E-state index contributed by atoms with van der Waals surface area (Å²) in [5, 5.41) is 4.87. The van der Waals surface area contributed by atoms with Crippen LogP contribution in [0.4, 0.5) is 4.39 Å². The molecule has 0 N–H and O–H groups in total. The maximum Gasteiger partial charge on any atom is 0.311 e. The Morgan fingerprint density at radius 3 is 2.56 bits per heavy atom. The predicted octanol–water partition coefficient (Wildman–Crippen LogP) is 1.90. The summed E-state index contributed by atoms with van der Waals surface area (Å²) in [5.41, 5.74) is -0.779. The topological polar surface area (TPSA) is 47.3 Å². The summed E-state index contributed by atoms with van der Waals surface area (Å²) in [5.74, 6) is -0.830. The smallest absolute Gasteiger partial charge is 0.264 e. The van der Waals surface area contributed by atoms with Gasteiger partial charge in [-0.05, 0) is 6.92 Å². The lowest BCUT2D eigenvalue weighted by atomic mass is 9.98. The minimum Gasteiger partial charge on any atom is -0.264 e. The van der Waals surface area contributed by atoms with Crippen molar-refractivity contribution in [1.82, 2.24) is 14.6 Å². The molecule has 0 aliphatic heterocycles. The van der Waals surface area contributed by atoms with Gasteiger partial charge in [-0.15, -0.1) is 0 Å². The Morgan fingerprint density at radius 1 is 1.38 bits per heavy atom. The van der Waals surface area contributed by atoms with E-state index in [4.69, 9.17) is 0 Å². The zero-order chi connectivity index (χ0) is 12.1. The third-order valence-electron chi connectivity index (χ3n) is 2.16. The average Bonchev–Trinajstić information content (AvgIpc) is 2.57. The van der Waals surface area contributed by atoms with Gasteiger partial charge in [0, 0.05) is 5.41 Å². The van der Waals surface area contributed by atoms with E-state index in [1.807, 2.05) is 20.8 Å². The van der Waals surface area contributed by atoms with Crippen molar-refractivity contribution in [1.29, 1.82) is 0 Å². The number of nitrogens with zero attached hydrogens (tertiary/aromatic N) is 3. The number of fused-ring (bicyclic) bond motifs is 1. The maximum atomic E-state index is 13.3. The number of aryl methyl sites for hydroxylation is 1. The first-order valence-corrected chi connectivity index (χ1v) is 5.69. The van der Waals surface area contributed by atoms with Crippen LogP contribution in [0.25, 0.3) is 4.96 Å². The summed E-state index contributed by atoms with van der Waals surface area (Å²) in [6, 6.07) is 0. The zero-order valence-corrected chi connectivity index (χ0v) is 10.4. The van der Waals surface area contributed by atoms with Crippen LogP contribution < -0.4 is 5.56 Å². The van der Waals surface area contributed by atoms with Crippen LogP contribution in [0.1, 0.15) is 31.5 Å². The third kappa shape index (κ3) is 1.63. The van der Waals surface area contributed by atoms with Gasteiger partial charge in [0.2, 0.25) is 10.8 Å². The molecule has 0 saturated heterocycles. The second kappa shape index (κ2) is 3.35. The Labute approximate surface area is 95.8 Å². The van der Waals surface area contributed by atoms with Crippen LogP contribution in [-0.4, -0.2) is 14.6 Å². The van der Waals surface area contributed by atoms with E-state index in [-0.39, 0.29) is 11.1 Å². The molecule has 6 heteroatoms. The standard InChI is InChI=1S/C10H12FN3OS/c1-5-6(11)7(15)14-9(12-5)16-8(13-14)10(2,3)4/h1-4H3. The summed E-state index contributed by atoms with van der Waals surface area (Å²) in [6.07, 6.45) is 0. The lowest BCUT2D eigenvalue weighted by Gasteiger charge is -2.12. The molecule has 0 radical (unpaired) electrons. The second-order valence-electron chi connectivity index (χ2n) is 4.67. The Kier molecular flexibility index (Phi) is 2.34. The van der Waals surface area contributed by atoms with Crippen molar-refractivity contribution in [2.24, 2.45) is 0 Å². The van der Waals surface area contributed by atoms with E-state index in [0.29, 0.717) is 4.96 Å². The first-order chi connectivity index (χ1) is 7.30.